The first kappa shape index (κ1) is 10.9. The van der Waals surface area contributed by atoms with E-state index in [0.29, 0.717) is 11.3 Å². The van der Waals surface area contributed by atoms with Crippen molar-refractivity contribution >= 4 is 17.6 Å². The summed E-state index contributed by atoms with van der Waals surface area (Å²) in [6.07, 6.45) is -1.37. The third kappa shape index (κ3) is 2.97. The molecule has 1 aromatic rings. The number of nitrogens with zero attached hydrogens (tertiary/aromatic N) is 1. The zero-order valence-corrected chi connectivity index (χ0v) is 8.32. The second-order valence-electron chi connectivity index (χ2n) is 2.98. The monoisotopic (exact) mass is 215 g/mol. The van der Waals surface area contributed by atoms with E-state index in [1.807, 2.05) is 0 Å². The minimum Gasteiger partial charge on any atom is -0.481 e. The molecule has 4 nitrogen and oxygen atoms in total. The molecule has 0 fully saturated rings. The van der Waals surface area contributed by atoms with E-state index in [4.69, 9.17) is 16.7 Å². The second-order valence-corrected chi connectivity index (χ2v) is 3.37. The third-order valence-corrected chi connectivity index (χ3v) is 1.89. The highest BCUT2D eigenvalue weighted by Gasteiger charge is 2.13. The standard InChI is InChI=1S/C9H10ClNO3/c1-5-2-6(3-8(10)11-5)7(12)4-9(13)14/h2-3,7,12H,4H2,1H3,(H,13,14). The molecule has 0 aliphatic heterocycles. The van der Waals surface area contributed by atoms with E-state index in [1.165, 1.54) is 6.07 Å². The van der Waals surface area contributed by atoms with Crippen LogP contribution in [0.2, 0.25) is 5.15 Å². The van der Waals surface area contributed by atoms with Gasteiger partial charge in [-0.05, 0) is 24.6 Å². The average Bonchev–Trinajstić information content (AvgIpc) is 2.00. The fourth-order valence-corrected chi connectivity index (χ4v) is 1.39. The predicted octanol–water partition coefficient (Wildman–Crippen LogP) is 1.55. The van der Waals surface area contributed by atoms with Gasteiger partial charge in [-0.2, -0.15) is 0 Å². The summed E-state index contributed by atoms with van der Waals surface area (Å²) in [6.45, 7) is 1.73. The number of rotatable bonds is 3. The lowest BCUT2D eigenvalue weighted by Crippen LogP contribution is -2.06. The number of carboxylic acid groups (broad SMARTS) is 1. The molecule has 14 heavy (non-hydrogen) atoms. The number of aromatic nitrogens is 1. The fraction of sp³-hybridized carbons (Fsp3) is 0.333. The molecule has 5 heteroatoms. The van der Waals surface area contributed by atoms with Crippen molar-refractivity contribution in [3.8, 4) is 0 Å². The summed E-state index contributed by atoms with van der Waals surface area (Å²) in [5.41, 5.74) is 1.13. The van der Waals surface area contributed by atoms with Crippen LogP contribution in [0, 0.1) is 6.92 Å². The van der Waals surface area contributed by atoms with Gasteiger partial charge >= 0.3 is 5.97 Å². The maximum absolute atomic E-state index is 10.3. The Morgan fingerprint density at radius 1 is 1.64 bits per heavy atom. The van der Waals surface area contributed by atoms with E-state index in [2.05, 4.69) is 4.98 Å². The SMILES string of the molecule is Cc1cc(C(O)CC(=O)O)cc(Cl)n1. The Balaban J connectivity index is 2.89. The summed E-state index contributed by atoms with van der Waals surface area (Å²) in [7, 11) is 0. The van der Waals surface area contributed by atoms with Crippen LogP contribution < -0.4 is 0 Å². The Morgan fingerprint density at radius 3 is 2.79 bits per heavy atom. The van der Waals surface area contributed by atoms with Crippen molar-refractivity contribution in [3.05, 3.63) is 28.5 Å². The highest BCUT2D eigenvalue weighted by atomic mass is 35.5. The Hall–Kier alpha value is -1.13. The van der Waals surface area contributed by atoms with Crippen molar-refractivity contribution in [2.45, 2.75) is 19.4 Å². The summed E-state index contributed by atoms with van der Waals surface area (Å²) in [5, 5.41) is 18.2. The van der Waals surface area contributed by atoms with Crippen LogP contribution in [-0.2, 0) is 4.79 Å². The number of aryl methyl sites for hydroxylation is 1. The summed E-state index contributed by atoms with van der Waals surface area (Å²) >= 11 is 5.66. The zero-order valence-electron chi connectivity index (χ0n) is 7.57. The topological polar surface area (TPSA) is 70.4 Å². The summed E-state index contributed by atoms with van der Waals surface area (Å²) in [6, 6.07) is 3.07. The molecule has 0 amide bonds. The van der Waals surface area contributed by atoms with Crippen LogP contribution in [0.1, 0.15) is 23.8 Å². The van der Waals surface area contributed by atoms with E-state index >= 15 is 0 Å². The molecule has 1 atom stereocenters. The van der Waals surface area contributed by atoms with Gasteiger partial charge in [0.15, 0.2) is 0 Å². The smallest absolute Gasteiger partial charge is 0.306 e. The van der Waals surface area contributed by atoms with Crippen LogP contribution >= 0.6 is 11.6 Å². The van der Waals surface area contributed by atoms with Crippen molar-refractivity contribution in [1.82, 2.24) is 4.98 Å². The number of pyridine rings is 1. The number of aliphatic hydroxyl groups is 1. The summed E-state index contributed by atoms with van der Waals surface area (Å²) < 4.78 is 0. The van der Waals surface area contributed by atoms with E-state index in [1.54, 1.807) is 13.0 Å². The minimum atomic E-state index is -1.05. The van der Waals surface area contributed by atoms with E-state index < -0.39 is 12.1 Å². The lowest BCUT2D eigenvalue weighted by Gasteiger charge is -2.08. The number of halogens is 1. The van der Waals surface area contributed by atoms with Crippen molar-refractivity contribution in [2.75, 3.05) is 0 Å². The van der Waals surface area contributed by atoms with Crippen LogP contribution in [-0.4, -0.2) is 21.2 Å². The fourth-order valence-electron chi connectivity index (χ4n) is 1.13. The number of hydrogen-bond donors (Lipinski definition) is 2. The van der Waals surface area contributed by atoms with E-state index in [9.17, 15) is 9.90 Å². The quantitative estimate of drug-likeness (QED) is 0.751. The summed E-state index contributed by atoms with van der Waals surface area (Å²) in [5.74, 6) is -1.05. The lowest BCUT2D eigenvalue weighted by atomic mass is 10.1. The van der Waals surface area contributed by atoms with Crippen LogP contribution in [0.25, 0.3) is 0 Å². The van der Waals surface area contributed by atoms with Crippen molar-refractivity contribution in [2.24, 2.45) is 0 Å². The first-order valence-corrected chi connectivity index (χ1v) is 4.41. The van der Waals surface area contributed by atoms with Gasteiger partial charge in [-0.3, -0.25) is 4.79 Å². The normalized spacial score (nSPS) is 12.5. The highest BCUT2D eigenvalue weighted by Crippen LogP contribution is 2.20. The van der Waals surface area contributed by atoms with E-state index in [0.717, 1.165) is 0 Å². The molecule has 1 unspecified atom stereocenters. The highest BCUT2D eigenvalue weighted by molar-refractivity contribution is 6.29. The molecule has 2 N–H and O–H groups in total. The van der Waals surface area contributed by atoms with Gasteiger partial charge in [-0.1, -0.05) is 11.6 Å². The summed E-state index contributed by atoms with van der Waals surface area (Å²) in [4.78, 5) is 14.2. The molecule has 1 heterocycles. The molecular formula is C9H10ClNO3. The van der Waals surface area contributed by atoms with Gasteiger partial charge in [0.1, 0.15) is 5.15 Å². The Bertz CT molecular complexity index is 334. The zero-order chi connectivity index (χ0) is 10.7. The van der Waals surface area contributed by atoms with E-state index in [-0.39, 0.29) is 11.6 Å². The average molecular weight is 216 g/mol. The van der Waals surface area contributed by atoms with Crippen molar-refractivity contribution in [1.29, 1.82) is 0 Å². The Morgan fingerprint density at radius 2 is 2.29 bits per heavy atom. The van der Waals surface area contributed by atoms with Gasteiger partial charge < -0.3 is 10.2 Å². The van der Waals surface area contributed by atoms with Gasteiger partial charge in [-0.25, -0.2) is 4.98 Å². The van der Waals surface area contributed by atoms with Crippen LogP contribution in [0.4, 0.5) is 0 Å². The predicted molar refractivity (Wildman–Crippen MR) is 51.2 cm³/mol. The maximum Gasteiger partial charge on any atom is 0.306 e. The molecule has 1 aromatic heterocycles. The molecule has 0 saturated heterocycles. The lowest BCUT2D eigenvalue weighted by molar-refractivity contribution is -0.139. The number of aliphatic hydroxyl groups excluding tert-OH is 1. The molecule has 76 valence electrons. The van der Waals surface area contributed by atoms with Gasteiger partial charge in [0.05, 0.1) is 12.5 Å². The minimum absolute atomic E-state index is 0.254. The molecule has 0 aliphatic carbocycles. The molecule has 0 aromatic carbocycles. The number of carbonyl (C=O) groups is 1. The van der Waals surface area contributed by atoms with Crippen molar-refractivity contribution in [3.63, 3.8) is 0 Å². The van der Waals surface area contributed by atoms with Crippen molar-refractivity contribution < 1.29 is 15.0 Å². The third-order valence-electron chi connectivity index (χ3n) is 1.70. The first-order chi connectivity index (χ1) is 6.49. The van der Waals surface area contributed by atoms with Gasteiger partial charge in [-0.15, -0.1) is 0 Å². The van der Waals surface area contributed by atoms with Gasteiger partial charge in [0.2, 0.25) is 0 Å². The molecule has 0 saturated carbocycles. The number of hydrogen-bond acceptors (Lipinski definition) is 3. The van der Waals surface area contributed by atoms with Gasteiger partial charge in [0.25, 0.3) is 0 Å². The molecular weight excluding hydrogens is 206 g/mol. The Kier molecular flexibility index (Phi) is 3.43. The van der Waals surface area contributed by atoms with Gasteiger partial charge in [0, 0.05) is 5.69 Å². The number of carboxylic acids is 1. The van der Waals surface area contributed by atoms with Crippen LogP contribution in [0.5, 0.6) is 0 Å². The molecule has 1 rings (SSSR count). The molecule has 0 bridgehead atoms. The largest absolute Gasteiger partial charge is 0.481 e. The molecule has 0 aliphatic rings. The molecule has 0 radical (unpaired) electrons. The maximum atomic E-state index is 10.3. The second kappa shape index (κ2) is 4.39. The van der Waals surface area contributed by atoms with Crippen LogP contribution in [0.3, 0.4) is 0 Å². The molecule has 0 spiro atoms. The number of aliphatic carboxylic acids is 1. The first-order valence-electron chi connectivity index (χ1n) is 4.03. The Labute approximate surface area is 86.2 Å². The van der Waals surface area contributed by atoms with Crippen LogP contribution in [0.15, 0.2) is 12.1 Å².